The summed E-state index contributed by atoms with van der Waals surface area (Å²) >= 11 is 1.62. The van der Waals surface area contributed by atoms with Gasteiger partial charge in [0, 0.05) is 18.3 Å². The number of nitrogens with zero attached hydrogens (tertiary/aromatic N) is 2. The number of amides is 2. The number of carbonyl (C=O) groups is 3. The largest absolute Gasteiger partial charge is 0.465 e. The number of aliphatic hydroxyl groups is 1. The summed E-state index contributed by atoms with van der Waals surface area (Å²) in [6.45, 7) is 12.6. The van der Waals surface area contributed by atoms with Crippen molar-refractivity contribution in [2.24, 2.45) is 17.8 Å². The fourth-order valence-corrected chi connectivity index (χ4v) is 9.07. The number of carbonyl (C=O) groups excluding carboxylic acids is 3. The van der Waals surface area contributed by atoms with Gasteiger partial charge < -0.3 is 19.6 Å². The molecule has 3 aliphatic rings. The summed E-state index contributed by atoms with van der Waals surface area (Å²) in [7, 11) is 0. The van der Waals surface area contributed by atoms with E-state index in [1.54, 1.807) is 33.7 Å². The van der Waals surface area contributed by atoms with Crippen molar-refractivity contribution in [3.63, 3.8) is 0 Å². The molecule has 1 N–H and O–H groups in total. The normalized spacial score (nSPS) is 30.1. The Bertz CT molecular complexity index is 1050. The highest BCUT2D eigenvalue weighted by atomic mass is 32.2. The number of hydrogen-bond acceptors (Lipinski definition) is 6. The molecule has 2 bridgehead atoms. The molecule has 3 fully saturated rings. The van der Waals surface area contributed by atoms with Gasteiger partial charge in [0.2, 0.25) is 11.8 Å². The van der Waals surface area contributed by atoms with E-state index in [9.17, 15) is 19.5 Å². The van der Waals surface area contributed by atoms with Gasteiger partial charge in [0.15, 0.2) is 0 Å². The van der Waals surface area contributed by atoms with E-state index < -0.39 is 28.7 Å². The SMILES string of the molecule is C=CCCOC(=O)[C@@H]1[C@@H]2CC(C)C3(S2)C(C(=O)N(CC=C)CCCC)N([C@H](CO)c2ccccc2)C(=O)[C@H]13. The maximum atomic E-state index is 14.5. The average Bonchev–Trinajstić information content (AvgIpc) is 3.51. The van der Waals surface area contributed by atoms with E-state index in [1.807, 2.05) is 30.3 Å². The van der Waals surface area contributed by atoms with Gasteiger partial charge >= 0.3 is 5.97 Å². The van der Waals surface area contributed by atoms with Crippen LogP contribution >= 0.6 is 11.8 Å². The summed E-state index contributed by atoms with van der Waals surface area (Å²) in [4.78, 5) is 45.7. The van der Waals surface area contributed by atoms with E-state index in [0.717, 1.165) is 24.8 Å². The van der Waals surface area contributed by atoms with Crippen LogP contribution < -0.4 is 0 Å². The van der Waals surface area contributed by atoms with Crippen LogP contribution in [0.5, 0.6) is 0 Å². The Morgan fingerprint density at radius 1 is 1.29 bits per heavy atom. The molecule has 7 nitrogen and oxygen atoms in total. The number of likely N-dealkylation sites (tertiary alicyclic amines) is 1. The Hall–Kier alpha value is -2.58. The van der Waals surface area contributed by atoms with Gasteiger partial charge in [0.1, 0.15) is 6.04 Å². The zero-order chi connectivity index (χ0) is 27.4. The quantitative estimate of drug-likeness (QED) is 0.231. The monoisotopic (exact) mass is 540 g/mol. The van der Waals surface area contributed by atoms with Crippen LogP contribution in [0.3, 0.4) is 0 Å². The first-order valence-electron chi connectivity index (χ1n) is 13.7. The maximum Gasteiger partial charge on any atom is 0.310 e. The molecule has 3 unspecified atom stereocenters. The smallest absolute Gasteiger partial charge is 0.310 e. The van der Waals surface area contributed by atoms with E-state index in [1.165, 1.54) is 0 Å². The first kappa shape index (κ1) is 28.4. The Morgan fingerprint density at radius 3 is 2.66 bits per heavy atom. The fourth-order valence-electron chi connectivity index (χ4n) is 6.68. The van der Waals surface area contributed by atoms with Gasteiger partial charge in [-0.05, 0) is 30.7 Å². The van der Waals surface area contributed by atoms with Crippen LogP contribution in [0, 0.1) is 17.8 Å². The van der Waals surface area contributed by atoms with Crippen LogP contribution in [0.15, 0.2) is 55.6 Å². The van der Waals surface area contributed by atoms with Crippen LogP contribution in [-0.4, -0.2) is 75.0 Å². The molecule has 0 saturated carbocycles. The first-order chi connectivity index (χ1) is 18.4. The van der Waals surface area contributed by atoms with Gasteiger partial charge in [-0.15, -0.1) is 24.9 Å². The van der Waals surface area contributed by atoms with E-state index in [4.69, 9.17) is 4.74 Å². The first-order valence-corrected chi connectivity index (χ1v) is 14.6. The van der Waals surface area contributed by atoms with Crippen LogP contribution in [0.2, 0.25) is 0 Å². The van der Waals surface area contributed by atoms with Crippen molar-refractivity contribution in [1.82, 2.24) is 9.80 Å². The molecule has 8 heteroatoms. The lowest BCUT2D eigenvalue weighted by Crippen LogP contribution is -2.58. The van der Waals surface area contributed by atoms with Crippen molar-refractivity contribution >= 4 is 29.5 Å². The third-order valence-corrected chi connectivity index (χ3v) is 10.5. The van der Waals surface area contributed by atoms with Crippen molar-refractivity contribution in [3.05, 3.63) is 61.2 Å². The molecule has 4 rings (SSSR count). The summed E-state index contributed by atoms with van der Waals surface area (Å²) in [5.74, 6) is -2.02. The van der Waals surface area contributed by atoms with Gasteiger partial charge in [0.05, 0.1) is 35.8 Å². The van der Waals surface area contributed by atoms with E-state index in [2.05, 4.69) is 27.0 Å². The second kappa shape index (κ2) is 12.1. The minimum absolute atomic E-state index is 0.0366. The summed E-state index contributed by atoms with van der Waals surface area (Å²) < 4.78 is 4.83. The molecule has 206 valence electrons. The van der Waals surface area contributed by atoms with Crippen molar-refractivity contribution in [2.45, 2.75) is 61.6 Å². The zero-order valence-corrected chi connectivity index (χ0v) is 23.3. The van der Waals surface area contributed by atoms with Crippen molar-refractivity contribution < 1.29 is 24.2 Å². The number of fused-ring (bicyclic) bond motifs is 1. The summed E-state index contributed by atoms with van der Waals surface area (Å²) in [5, 5.41) is 10.5. The summed E-state index contributed by atoms with van der Waals surface area (Å²) in [6, 6.07) is 7.85. The van der Waals surface area contributed by atoms with E-state index >= 15 is 0 Å². The van der Waals surface area contributed by atoms with Gasteiger partial charge in [-0.25, -0.2) is 0 Å². The second-order valence-corrected chi connectivity index (χ2v) is 12.1. The predicted molar refractivity (Wildman–Crippen MR) is 149 cm³/mol. The van der Waals surface area contributed by atoms with Crippen molar-refractivity contribution in [3.8, 4) is 0 Å². The highest BCUT2D eigenvalue weighted by molar-refractivity contribution is 8.02. The Morgan fingerprint density at radius 2 is 2.03 bits per heavy atom. The summed E-state index contributed by atoms with van der Waals surface area (Å²) in [5.41, 5.74) is 0.763. The highest BCUT2D eigenvalue weighted by Gasteiger charge is 2.77. The predicted octanol–water partition coefficient (Wildman–Crippen LogP) is 3.99. The molecule has 0 radical (unpaired) electrons. The Kier molecular flexibility index (Phi) is 9.04. The van der Waals surface area contributed by atoms with Gasteiger partial charge in [-0.3, -0.25) is 14.4 Å². The lowest BCUT2D eigenvalue weighted by molar-refractivity contribution is -0.155. The molecule has 38 heavy (non-hydrogen) atoms. The molecule has 3 saturated heterocycles. The lowest BCUT2D eigenvalue weighted by Gasteiger charge is -2.42. The fraction of sp³-hybridized carbons (Fsp3) is 0.567. The molecule has 0 aromatic heterocycles. The van der Waals surface area contributed by atoms with Crippen molar-refractivity contribution in [2.75, 3.05) is 26.3 Å². The molecule has 7 atom stereocenters. The van der Waals surface area contributed by atoms with Crippen molar-refractivity contribution in [1.29, 1.82) is 0 Å². The number of aliphatic hydroxyl groups excluding tert-OH is 1. The molecule has 0 aliphatic carbocycles. The third-order valence-electron chi connectivity index (χ3n) is 8.39. The van der Waals surface area contributed by atoms with E-state index in [0.29, 0.717) is 19.5 Å². The lowest BCUT2D eigenvalue weighted by atomic mass is 9.66. The van der Waals surface area contributed by atoms with Gasteiger partial charge in [-0.1, -0.05) is 62.8 Å². The maximum absolute atomic E-state index is 14.5. The summed E-state index contributed by atoms with van der Waals surface area (Å²) in [6.07, 6.45) is 6.45. The molecule has 3 heterocycles. The molecular formula is C30H40N2O5S. The Labute approximate surface area is 230 Å². The number of esters is 1. The number of ether oxygens (including phenoxy) is 1. The molecule has 3 aliphatic heterocycles. The highest BCUT2D eigenvalue weighted by Crippen LogP contribution is 2.69. The minimum atomic E-state index is -0.801. The molecule has 1 aromatic carbocycles. The van der Waals surface area contributed by atoms with Crippen LogP contribution in [0.4, 0.5) is 0 Å². The molecular weight excluding hydrogens is 500 g/mol. The average molecular weight is 541 g/mol. The number of benzene rings is 1. The van der Waals surface area contributed by atoms with Crippen LogP contribution in [-0.2, 0) is 19.1 Å². The number of unbranched alkanes of at least 4 members (excludes halogenated alkanes) is 1. The van der Waals surface area contributed by atoms with Gasteiger partial charge in [-0.2, -0.15) is 0 Å². The number of thioether (sulfide) groups is 1. The molecule has 1 aromatic rings. The number of hydrogen-bond donors (Lipinski definition) is 1. The topological polar surface area (TPSA) is 87.2 Å². The van der Waals surface area contributed by atoms with E-state index in [-0.39, 0.29) is 42.2 Å². The number of rotatable bonds is 13. The molecule has 1 spiro atoms. The Balaban J connectivity index is 1.81. The third kappa shape index (κ3) is 4.70. The van der Waals surface area contributed by atoms with Gasteiger partial charge in [0.25, 0.3) is 0 Å². The molecule has 2 amide bonds. The minimum Gasteiger partial charge on any atom is -0.465 e. The standard InChI is InChI=1S/C30H40N2O5S/c1-5-8-16-31(15-7-3)28(35)26-30-20(4)18-23(38-30)24(29(36)37-17-9-6-2)25(30)27(34)32(26)22(19-33)21-13-11-10-12-14-21/h6-7,10-14,20,22-26,33H,2-3,5,8-9,15-19H2,1,4H3/t20?,22-,23+,24-,25+,26?,30?/m1/s1. The second-order valence-electron chi connectivity index (χ2n) is 10.6. The van der Waals surface area contributed by atoms with Crippen LogP contribution in [0.1, 0.15) is 51.1 Å². The van der Waals surface area contributed by atoms with Crippen LogP contribution in [0.25, 0.3) is 0 Å². The zero-order valence-electron chi connectivity index (χ0n) is 22.5.